The van der Waals surface area contributed by atoms with E-state index in [1.54, 1.807) is 0 Å². The maximum absolute atomic E-state index is 5.08. The van der Waals surface area contributed by atoms with E-state index in [0.717, 1.165) is 11.5 Å². The molecule has 0 saturated carbocycles. The second-order valence-corrected chi connectivity index (χ2v) is 10.2. The number of rotatable bonds is 0. The summed E-state index contributed by atoms with van der Waals surface area (Å²) in [6.07, 6.45) is 0. The Morgan fingerprint density at radius 3 is 1.09 bits per heavy atom. The molecular formula is C32H38OS. The van der Waals surface area contributed by atoms with Crippen LogP contribution in [0.25, 0.3) is 10.8 Å². The molecule has 0 atom stereocenters. The van der Waals surface area contributed by atoms with Crippen molar-refractivity contribution < 1.29 is 4.42 Å². The largest absolute Gasteiger partial charge is 0.467 e. The van der Waals surface area contributed by atoms with Crippen LogP contribution in [0.2, 0.25) is 0 Å². The molecule has 0 radical (unpaired) electrons. The molecule has 2 aromatic heterocycles. The van der Waals surface area contributed by atoms with Crippen LogP contribution in [0.5, 0.6) is 0 Å². The van der Waals surface area contributed by atoms with E-state index in [9.17, 15) is 0 Å². The van der Waals surface area contributed by atoms with E-state index in [0.29, 0.717) is 0 Å². The number of fused-ring (bicyclic) bond motifs is 1. The monoisotopic (exact) mass is 470 g/mol. The van der Waals surface area contributed by atoms with Crippen LogP contribution < -0.4 is 0 Å². The molecule has 2 heterocycles. The van der Waals surface area contributed by atoms with Crippen LogP contribution in [-0.4, -0.2) is 0 Å². The van der Waals surface area contributed by atoms with Crippen LogP contribution in [0.3, 0.4) is 0 Å². The van der Waals surface area contributed by atoms with Gasteiger partial charge in [0.1, 0.15) is 11.5 Å². The molecule has 0 N–H and O–H groups in total. The van der Waals surface area contributed by atoms with E-state index in [1.807, 2.05) is 37.3 Å². The molecule has 0 aliphatic rings. The lowest BCUT2D eigenvalue weighted by atomic mass is 10.0. The maximum atomic E-state index is 5.08. The van der Waals surface area contributed by atoms with E-state index in [-0.39, 0.29) is 0 Å². The zero-order chi connectivity index (χ0) is 25.1. The third kappa shape index (κ3) is 9.41. The molecule has 0 fully saturated rings. The van der Waals surface area contributed by atoms with Crippen molar-refractivity contribution in [2.45, 2.75) is 55.4 Å². The second kappa shape index (κ2) is 13.6. The molecule has 1 nitrogen and oxygen atoms in total. The van der Waals surface area contributed by atoms with Gasteiger partial charge in [-0.05, 0) is 102 Å². The summed E-state index contributed by atoms with van der Waals surface area (Å²) in [5.74, 6) is 1.97. The summed E-state index contributed by atoms with van der Waals surface area (Å²) in [4.78, 5) is 2.80. The Balaban J connectivity index is 0.000000165. The van der Waals surface area contributed by atoms with Crippen LogP contribution in [0.15, 0.2) is 89.3 Å². The fourth-order valence-corrected chi connectivity index (χ4v) is 4.13. The average molecular weight is 471 g/mol. The zero-order valence-corrected chi connectivity index (χ0v) is 22.7. The number of hydrogen-bond acceptors (Lipinski definition) is 2. The molecule has 34 heavy (non-hydrogen) atoms. The number of benzene rings is 3. The van der Waals surface area contributed by atoms with Crippen LogP contribution >= 0.6 is 11.3 Å². The highest BCUT2D eigenvalue weighted by Crippen LogP contribution is 2.21. The Bertz CT molecular complexity index is 1140. The Morgan fingerprint density at radius 2 is 0.824 bits per heavy atom. The Kier molecular flexibility index (Phi) is 10.8. The molecule has 178 valence electrons. The zero-order valence-electron chi connectivity index (χ0n) is 21.9. The molecule has 0 spiro atoms. The van der Waals surface area contributed by atoms with Crippen molar-refractivity contribution in [3.8, 4) is 0 Å². The number of furan rings is 1. The van der Waals surface area contributed by atoms with Gasteiger partial charge in [0, 0.05) is 9.75 Å². The summed E-state index contributed by atoms with van der Waals surface area (Å²) in [6.45, 7) is 16.6. The van der Waals surface area contributed by atoms with E-state index in [4.69, 9.17) is 4.42 Å². The van der Waals surface area contributed by atoms with Gasteiger partial charge < -0.3 is 4.42 Å². The van der Waals surface area contributed by atoms with Crippen molar-refractivity contribution in [1.82, 2.24) is 0 Å². The third-order valence-corrected chi connectivity index (χ3v) is 6.24. The summed E-state index contributed by atoms with van der Waals surface area (Å²) < 4.78 is 5.08. The fraction of sp³-hybridized carbons (Fsp3) is 0.250. The summed E-state index contributed by atoms with van der Waals surface area (Å²) in [5.41, 5.74) is 5.37. The highest BCUT2D eigenvalue weighted by molar-refractivity contribution is 7.11. The Labute approximate surface area is 210 Å². The van der Waals surface area contributed by atoms with Crippen LogP contribution in [0.1, 0.15) is 43.5 Å². The Hall–Kier alpha value is -3.10. The molecule has 0 bridgehead atoms. The minimum atomic E-state index is 0.984. The standard InChI is InChI=1S/C12H12.C8H10.C6H8O.C6H8S/c1-9-7-8-10(2)12-6-4-3-5-11(9)12;1-7-3-5-8(2)6-4-7;2*1-5-3-4-6(2)7-5/h3-8H,1-2H3;3-6H,1-2H3;2*3-4H,1-2H3. The van der Waals surface area contributed by atoms with Crippen LogP contribution in [0, 0.1) is 55.4 Å². The van der Waals surface area contributed by atoms with E-state index in [1.165, 1.54) is 42.8 Å². The first kappa shape index (κ1) is 27.1. The minimum absolute atomic E-state index is 0.984. The van der Waals surface area contributed by atoms with Crippen molar-refractivity contribution in [3.63, 3.8) is 0 Å². The van der Waals surface area contributed by atoms with Gasteiger partial charge >= 0.3 is 0 Å². The first-order chi connectivity index (χ1) is 16.2. The van der Waals surface area contributed by atoms with Crippen molar-refractivity contribution in [2.75, 3.05) is 0 Å². The quantitative estimate of drug-likeness (QED) is 0.219. The van der Waals surface area contributed by atoms with Gasteiger partial charge in [0.05, 0.1) is 0 Å². The van der Waals surface area contributed by atoms with Gasteiger partial charge in [-0.25, -0.2) is 0 Å². The van der Waals surface area contributed by atoms with E-state index in [2.05, 4.69) is 114 Å². The van der Waals surface area contributed by atoms with Crippen molar-refractivity contribution in [2.24, 2.45) is 0 Å². The molecule has 0 aliphatic carbocycles. The number of aryl methyl sites for hydroxylation is 8. The lowest BCUT2D eigenvalue weighted by Gasteiger charge is -2.03. The van der Waals surface area contributed by atoms with E-state index >= 15 is 0 Å². The predicted molar refractivity (Wildman–Crippen MR) is 151 cm³/mol. The average Bonchev–Trinajstić information content (AvgIpc) is 3.39. The molecule has 5 rings (SSSR count). The van der Waals surface area contributed by atoms with E-state index < -0.39 is 0 Å². The number of hydrogen-bond donors (Lipinski definition) is 0. The van der Waals surface area contributed by atoms with Gasteiger partial charge in [-0.2, -0.15) is 0 Å². The normalized spacial score (nSPS) is 9.76. The molecule has 0 unspecified atom stereocenters. The van der Waals surface area contributed by atoms with Crippen molar-refractivity contribution in [1.29, 1.82) is 0 Å². The van der Waals surface area contributed by atoms with Gasteiger partial charge in [-0.15, -0.1) is 11.3 Å². The topological polar surface area (TPSA) is 13.1 Å². The molecule has 5 aromatic rings. The lowest BCUT2D eigenvalue weighted by molar-refractivity contribution is 0.504. The first-order valence-electron chi connectivity index (χ1n) is 11.7. The Morgan fingerprint density at radius 1 is 0.441 bits per heavy atom. The van der Waals surface area contributed by atoms with Crippen molar-refractivity contribution >= 4 is 22.1 Å². The molecule has 3 aromatic carbocycles. The summed E-state index contributed by atoms with van der Waals surface area (Å²) in [6, 6.07) is 29.6. The first-order valence-corrected chi connectivity index (χ1v) is 12.5. The molecule has 0 amide bonds. The highest BCUT2D eigenvalue weighted by Gasteiger charge is 1.97. The van der Waals surface area contributed by atoms with Gasteiger partial charge in [0.2, 0.25) is 0 Å². The maximum Gasteiger partial charge on any atom is 0.101 e. The van der Waals surface area contributed by atoms with Crippen LogP contribution in [0.4, 0.5) is 0 Å². The smallest absolute Gasteiger partial charge is 0.101 e. The van der Waals surface area contributed by atoms with Gasteiger partial charge in [-0.1, -0.05) is 71.8 Å². The number of thiophene rings is 1. The van der Waals surface area contributed by atoms with Crippen LogP contribution in [-0.2, 0) is 0 Å². The van der Waals surface area contributed by atoms with Gasteiger partial charge in [0.25, 0.3) is 0 Å². The lowest BCUT2D eigenvalue weighted by Crippen LogP contribution is -1.80. The molecule has 0 saturated heterocycles. The molecule has 0 aliphatic heterocycles. The summed E-state index contributed by atoms with van der Waals surface area (Å²) >= 11 is 1.84. The third-order valence-electron chi connectivity index (χ3n) is 5.33. The minimum Gasteiger partial charge on any atom is -0.467 e. The van der Waals surface area contributed by atoms with Crippen molar-refractivity contribution in [3.05, 3.63) is 128 Å². The molecular weight excluding hydrogens is 432 g/mol. The molecule has 2 heteroatoms. The SMILES string of the molecule is Cc1ccc(C)c2ccccc12.Cc1ccc(C)cc1.Cc1ccc(C)o1.Cc1ccc(C)s1. The second-order valence-electron chi connectivity index (χ2n) is 8.71. The fourth-order valence-electron chi connectivity index (χ4n) is 3.35. The summed E-state index contributed by atoms with van der Waals surface area (Å²) in [5, 5.41) is 2.75. The van der Waals surface area contributed by atoms with Gasteiger partial charge in [-0.3, -0.25) is 0 Å². The van der Waals surface area contributed by atoms with Gasteiger partial charge in [0.15, 0.2) is 0 Å². The highest BCUT2D eigenvalue weighted by atomic mass is 32.1. The predicted octanol–water partition coefficient (Wildman–Crippen LogP) is 10.0. The summed E-state index contributed by atoms with van der Waals surface area (Å²) in [7, 11) is 0.